The number of halogens is 1. The molecule has 2 amide bonds. The standard InChI is InChI=1S/C18H26FN3O3/c1-13(2)11-22-7-8-25-14(12-22)9-20-17(23)10-21-18(24)15-5-3-4-6-16(15)19/h3-6,13-14H,7-12H2,1-2H3,(H,20,23)(H,21,24). The van der Waals surface area contributed by atoms with Gasteiger partial charge in [-0.05, 0) is 18.1 Å². The topological polar surface area (TPSA) is 70.7 Å². The van der Waals surface area contributed by atoms with Gasteiger partial charge in [0.25, 0.3) is 5.91 Å². The fraction of sp³-hybridized carbons (Fsp3) is 0.556. The van der Waals surface area contributed by atoms with Gasteiger partial charge >= 0.3 is 0 Å². The minimum atomic E-state index is -0.610. The number of benzene rings is 1. The Balaban J connectivity index is 1.70. The normalized spacial score (nSPS) is 18.2. The van der Waals surface area contributed by atoms with Gasteiger partial charge in [-0.1, -0.05) is 26.0 Å². The summed E-state index contributed by atoms with van der Waals surface area (Å²) in [5.74, 6) is -0.956. The number of morpholine rings is 1. The van der Waals surface area contributed by atoms with E-state index in [-0.39, 0.29) is 24.1 Å². The van der Waals surface area contributed by atoms with Crippen LogP contribution in [0.5, 0.6) is 0 Å². The van der Waals surface area contributed by atoms with Crippen molar-refractivity contribution in [2.45, 2.75) is 20.0 Å². The monoisotopic (exact) mass is 351 g/mol. The molecule has 1 heterocycles. The predicted molar refractivity (Wildman–Crippen MR) is 92.8 cm³/mol. The summed E-state index contributed by atoms with van der Waals surface area (Å²) in [6.45, 7) is 7.87. The molecule has 1 atom stereocenters. The maximum absolute atomic E-state index is 13.5. The quantitative estimate of drug-likeness (QED) is 0.770. The molecule has 0 aromatic heterocycles. The molecule has 7 heteroatoms. The summed E-state index contributed by atoms with van der Waals surface area (Å²) in [7, 11) is 0. The van der Waals surface area contributed by atoms with Gasteiger partial charge in [-0.3, -0.25) is 14.5 Å². The Morgan fingerprint density at radius 2 is 2.08 bits per heavy atom. The van der Waals surface area contributed by atoms with Gasteiger partial charge in [-0.15, -0.1) is 0 Å². The second-order valence-electron chi connectivity index (χ2n) is 6.61. The number of carbonyl (C=O) groups is 2. The first-order chi connectivity index (χ1) is 12.0. The maximum Gasteiger partial charge on any atom is 0.254 e. The number of rotatable bonds is 7. The molecule has 1 aliphatic rings. The zero-order valence-corrected chi connectivity index (χ0v) is 14.8. The smallest absolute Gasteiger partial charge is 0.254 e. The van der Waals surface area contributed by atoms with Crippen LogP contribution in [0.3, 0.4) is 0 Å². The minimum Gasteiger partial charge on any atom is -0.374 e. The van der Waals surface area contributed by atoms with Crippen molar-refractivity contribution in [2.24, 2.45) is 5.92 Å². The van der Waals surface area contributed by atoms with Gasteiger partial charge < -0.3 is 15.4 Å². The number of carbonyl (C=O) groups excluding carboxylic acids is 2. The fourth-order valence-corrected chi connectivity index (χ4v) is 2.78. The Labute approximate surface area is 147 Å². The molecule has 0 radical (unpaired) electrons. The third-order valence-corrected chi connectivity index (χ3v) is 3.90. The molecule has 0 spiro atoms. The molecule has 1 aliphatic heterocycles. The Morgan fingerprint density at radius 3 is 2.80 bits per heavy atom. The molecule has 2 rings (SSSR count). The average molecular weight is 351 g/mol. The van der Waals surface area contributed by atoms with E-state index in [4.69, 9.17) is 4.74 Å². The van der Waals surface area contributed by atoms with Gasteiger partial charge in [0.1, 0.15) is 5.82 Å². The van der Waals surface area contributed by atoms with Crippen LogP contribution in [0.15, 0.2) is 24.3 Å². The van der Waals surface area contributed by atoms with Crippen LogP contribution in [0.2, 0.25) is 0 Å². The molecular formula is C18H26FN3O3. The van der Waals surface area contributed by atoms with E-state index in [2.05, 4.69) is 29.4 Å². The molecule has 25 heavy (non-hydrogen) atoms. The van der Waals surface area contributed by atoms with Gasteiger partial charge in [0.05, 0.1) is 24.8 Å². The van der Waals surface area contributed by atoms with E-state index in [1.165, 1.54) is 18.2 Å². The van der Waals surface area contributed by atoms with Crippen molar-refractivity contribution < 1.29 is 18.7 Å². The second kappa shape index (κ2) is 9.48. The minimum absolute atomic E-state index is 0.0567. The highest BCUT2D eigenvalue weighted by molar-refractivity contribution is 5.96. The number of nitrogens with one attached hydrogen (secondary N) is 2. The molecule has 1 saturated heterocycles. The van der Waals surface area contributed by atoms with Crippen LogP contribution in [0.4, 0.5) is 4.39 Å². The lowest BCUT2D eigenvalue weighted by molar-refractivity contribution is -0.121. The largest absolute Gasteiger partial charge is 0.374 e. The lowest BCUT2D eigenvalue weighted by Gasteiger charge is -2.33. The van der Waals surface area contributed by atoms with Crippen LogP contribution < -0.4 is 10.6 Å². The first-order valence-electron chi connectivity index (χ1n) is 8.59. The molecule has 0 saturated carbocycles. The molecule has 1 fully saturated rings. The molecule has 0 aliphatic carbocycles. The lowest BCUT2D eigenvalue weighted by Crippen LogP contribution is -2.49. The van der Waals surface area contributed by atoms with Crippen molar-refractivity contribution in [3.8, 4) is 0 Å². The maximum atomic E-state index is 13.5. The number of amides is 2. The Hall–Kier alpha value is -1.99. The van der Waals surface area contributed by atoms with Crippen LogP contribution in [0, 0.1) is 11.7 Å². The van der Waals surface area contributed by atoms with Crippen LogP contribution in [-0.2, 0) is 9.53 Å². The summed E-state index contributed by atoms with van der Waals surface area (Å²) in [4.78, 5) is 26.1. The van der Waals surface area contributed by atoms with Gasteiger partial charge in [0.15, 0.2) is 0 Å². The summed E-state index contributed by atoms with van der Waals surface area (Å²) in [5.41, 5.74) is -0.0739. The molecule has 6 nitrogen and oxygen atoms in total. The highest BCUT2D eigenvalue weighted by Gasteiger charge is 2.21. The molecule has 138 valence electrons. The summed E-state index contributed by atoms with van der Waals surface area (Å²) in [6, 6.07) is 5.66. The van der Waals surface area contributed by atoms with Crippen LogP contribution in [-0.4, -0.2) is 62.1 Å². The molecular weight excluding hydrogens is 325 g/mol. The third-order valence-electron chi connectivity index (χ3n) is 3.90. The van der Waals surface area contributed by atoms with Crippen LogP contribution in [0.25, 0.3) is 0 Å². The Kier molecular flexibility index (Phi) is 7.33. The highest BCUT2D eigenvalue weighted by Crippen LogP contribution is 2.07. The van der Waals surface area contributed by atoms with E-state index in [0.29, 0.717) is 19.1 Å². The number of hydrogen-bond donors (Lipinski definition) is 2. The van der Waals surface area contributed by atoms with E-state index in [0.717, 1.165) is 19.6 Å². The third kappa shape index (κ3) is 6.43. The van der Waals surface area contributed by atoms with Crippen molar-refractivity contribution in [1.29, 1.82) is 0 Å². The van der Waals surface area contributed by atoms with E-state index in [9.17, 15) is 14.0 Å². The van der Waals surface area contributed by atoms with E-state index < -0.39 is 11.7 Å². The Morgan fingerprint density at radius 1 is 1.32 bits per heavy atom. The van der Waals surface area contributed by atoms with E-state index in [1.807, 2.05) is 0 Å². The fourth-order valence-electron chi connectivity index (χ4n) is 2.78. The van der Waals surface area contributed by atoms with Crippen LogP contribution >= 0.6 is 0 Å². The Bertz CT molecular complexity index is 595. The molecule has 0 bridgehead atoms. The zero-order chi connectivity index (χ0) is 18.2. The summed E-state index contributed by atoms with van der Waals surface area (Å²) < 4.78 is 19.2. The number of hydrogen-bond acceptors (Lipinski definition) is 4. The van der Waals surface area contributed by atoms with Gasteiger partial charge in [-0.25, -0.2) is 4.39 Å². The first-order valence-corrected chi connectivity index (χ1v) is 8.59. The van der Waals surface area contributed by atoms with Gasteiger partial charge in [0.2, 0.25) is 5.91 Å². The summed E-state index contributed by atoms with van der Waals surface area (Å²) >= 11 is 0. The summed E-state index contributed by atoms with van der Waals surface area (Å²) in [6.07, 6.45) is -0.0567. The van der Waals surface area contributed by atoms with E-state index >= 15 is 0 Å². The number of nitrogens with zero attached hydrogens (tertiary/aromatic N) is 1. The zero-order valence-electron chi connectivity index (χ0n) is 14.8. The van der Waals surface area contributed by atoms with Crippen molar-refractivity contribution in [1.82, 2.24) is 15.5 Å². The van der Waals surface area contributed by atoms with Crippen molar-refractivity contribution in [3.05, 3.63) is 35.6 Å². The molecule has 1 unspecified atom stereocenters. The van der Waals surface area contributed by atoms with Crippen molar-refractivity contribution >= 4 is 11.8 Å². The highest BCUT2D eigenvalue weighted by atomic mass is 19.1. The van der Waals surface area contributed by atoms with Gasteiger partial charge in [0, 0.05) is 26.2 Å². The second-order valence-corrected chi connectivity index (χ2v) is 6.61. The summed E-state index contributed by atoms with van der Waals surface area (Å²) in [5, 5.41) is 5.17. The van der Waals surface area contributed by atoms with Crippen molar-refractivity contribution in [2.75, 3.05) is 39.3 Å². The molecule has 1 aromatic rings. The number of ether oxygens (including phenoxy) is 1. The lowest BCUT2D eigenvalue weighted by atomic mass is 10.2. The molecule has 2 N–H and O–H groups in total. The van der Waals surface area contributed by atoms with Crippen molar-refractivity contribution in [3.63, 3.8) is 0 Å². The van der Waals surface area contributed by atoms with Crippen LogP contribution in [0.1, 0.15) is 24.2 Å². The van der Waals surface area contributed by atoms with Gasteiger partial charge in [-0.2, -0.15) is 0 Å². The first kappa shape index (κ1) is 19.3. The average Bonchev–Trinajstić information content (AvgIpc) is 2.58. The predicted octanol–water partition coefficient (Wildman–Crippen LogP) is 1.03. The SMILES string of the molecule is CC(C)CN1CCOC(CNC(=O)CNC(=O)c2ccccc2F)C1. The van der Waals surface area contributed by atoms with E-state index in [1.54, 1.807) is 6.07 Å². The molecule has 1 aromatic carbocycles.